The van der Waals surface area contributed by atoms with Gasteiger partial charge in [-0.25, -0.2) is 4.79 Å². The molecule has 0 spiro atoms. The maximum Gasteiger partial charge on any atom is 0.348 e. The van der Waals surface area contributed by atoms with Crippen molar-refractivity contribution in [2.45, 2.75) is 77.2 Å². The van der Waals surface area contributed by atoms with Crippen LogP contribution in [0.1, 0.15) is 50.8 Å². The SMILES string of the molecule is CC(=NOCCOc1ccc(C[C@@](CC[Si](C)(C)C)(Oc2ccc(C(C)(C)C)cc2)C(=O)O)cc1)c1ccc(-c2ccccn2)cc1. The highest BCUT2D eigenvalue weighted by molar-refractivity contribution is 6.76. The minimum absolute atomic E-state index is 0.00347. The van der Waals surface area contributed by atoms with Crippen LogP contribution in [0.4, 0.5) is 0 Å². The lowest BCUT2D eigenvalue weighted by Crippen LogP contribution is -2.48. The minimum atomic E-state index is -1.54. The van der Waals surface area contributed by atoms with Crippen LogP contribution in [0.25, 0.3) is 11.3 Å². The van der Waals surface area contributed by atoms with Crippen molar-refractivity contribution in [3.8, 4) is 22.8 Å². The van der Waals surface area contributed by atoms with Gasteiger partial charge in [0.15, 0.2) is 6.61 Å². The molecule has 0 unspecified atom stereocenters. The number of carboxylic acid groups (broad SMARTS) is 1. The van der Waals surface area contributed by atoms with Crippen LogP contribution >= 0.6 is 0 Å². The molecule has 0 aliphatic rings. The van der Waals surface area contributed by atoms with E-state index in [9.17, 15) is 9.90 Å². The molecule has 0 radical (unpaired) electrons. The summed E-state index contributed by atoms with van der Waals surface area (Å²) < 4.78 is 12.3. The van der Waals surface area contributed by atoms with Crippen LogP contribution in [0, 0.1) is 0 Å². The predicted molar refractivity (Wildman–Crippen MR) is 192 cm³/mol. The first-order valence-corrected chi connectivity index (χ1v) is 19.9. The van der Waals surface area contributed by atoms with Gasteiger partial charge in [-0.15, -0.1) is 0 Å². The second-order valence-corrected chi connectivity index (χ2v) is 19.8. The van der Waals surface area contributed by atoms with Crippen LogP contribution in [0.5, 0.6) is 11.5 Å². The van der Waals surface area contributed by atoms with Crippen LogP contribution in [0.15, 0.2) is 102 Å². The molecule has 7 nitrogen and oxygen atoms in total. The first-order valence-electron chi connectivity index (χ1n) is 16.2. The van der Waals surface area contributed by atoms with E-state index in [0.717, 1.165) is 34.1 Å². The van der Waals surface area contributed by atoms with Gasteiger partial charge in [-0.1, -0.05) is 106 Å². The molecule has 8 heteroatoms. The van der Waals surface area contributed by atoms with Crippen molar-refractivity contribution in [1.29, 1.82) is 0 Å². The number of hydrogen-bond donors (Lipinski definition) is 1. The number of nitrogens with zero attached hydrogens (tertiary/aromatic N) is 2. The summed E-state index contributed by atoms with van der Waals surface area (Å²) in [7, 11) is -1.54. The van der Waals surface area contributed by atoms with Gasteiger partial charge in [0.2, 0.25) is 5.60 Å². The van der Waals surface area contributed by atoms with E-state index >= 15 is 0 Å². The zero-order chi connectivity index (χ0) is 34.1. The Bertz CT molecular complexity index is 1610. The maximum absolute atomic E-state index is 12.9. The first-order chi connectivity index (χ1) is 22.2. The van der Waals surface area contributed by atoms with Crippen molar-refractivity contribution in [2.75, 3.05) is 13.2 Å². The molecule has 0 fully saturated rings. The zero-order valence-corrected chi connectivity index (χ0v) is 29.7. The van der Waals surface area contributed by atoms with Crippen LogP contribution in [0.2, 0.25) is 25.7 Å². The molecule has 0 aliphatic carbocycles. The molecule has 1 N–H and O–H groups in total. The fraction of sp³-hybridized carbons (Fsp3) is 0.359. The summed E-state index contributed by atoms with van der Waals surface area (Å²) in [5.74, 6) is 0.285. The van der Waals surface area contributed by atoms with Crippen molar-refractivity contribution in [3.63, 3.8) is 0 Å². The van der Waals surface area contributed by atoms with Gasteiger partial charge in [0.1, 0.15) is 18.1 Å². The highest BCUT2D eigenvalue weighted by atomic mass is 28.3. The fourth-order valence-corrected chi connectivity index (χ4v) is 6.22. The van der Waals surface area contributed by atoms with Gasteiger partial charge in [-0.2, -0.15) is 0 Å². The molecule has 3 aromatic carbocycles. The van der Waals surface area contributed by atoms with E-state index in [-0.39, 0.29) is 18.4 Å². The molecule has 1 heterocycles. The van der Waals surface area contributed by atoms with E-state index in [0.29, 0.717) is 24.5 Å². The second kappa shape index (κ2) is 15.4. The topological polar surface area (TPSA) is 90.2 Å². The third-order valence-corrected chi connectivity index (χ3v) is 9.77. The van der Waals surface area contributed by atoms with Gasteiger partial charge in [-0.3, -0.25) is 4.98 Å². The third-order valence-electron chi connectivity index (χ3n) is 8.02. The number of ether oxygens (including phenoxy) is 2. The highest BCUT2D eigenvalue weighted by Gasteiger charge is 2.42. The Labute approximate surface area is 280 Å². The normalized spacial score (nSPS) is 13.5. The highest BCUT2D eigenvalue weighted by Crippen LogP contribution is 2.32. The molecular weight excluding hydrogens is 605 g/mol. The number of hydrogen-bond acceptors (Lipinski definition) is 6. The molecule has 0 saturated heterocycles. The van der Waals surface area contributed by atoms with Gasteiger partial charge in [0.05, 0.1) is 11.4 Å². The molecular formula is C39H48N2O5Si. The number of aliphatic carboxylic acids is 1. The number of carbonyl (C=O) groups is 1. The zero-order valence-electron chi connectivity index (χ0n) is 28.7. The van der Waals surface area contributed by atoms with Crippen molar-refractivity contribution < 1.29 is 24.2 Å². The number of oxime groups is 1. The van der Waals surface area contributed by atoms with Crippen LogP contribution in [-0.2, 0) is 21.5 Å². The summed E-state index contributed by atoms with van der Waals surface area (Å²) in [6.07, 6.45) is 2.46. The van der Waals surface area contributed by atoms with E-state index < -0.39 is 19.6 Å². The summed E-state index contributed by atoms with van der Waals surface area (Å²) in [4.78, 5) is 22.8. The Morgan fingerprint density at radius 3 is 2.09 bits per heavy atom. The Morgan fingerprint density at radius 1 is 0.851 bits per heavy atom. The van der Waals surface area contributed by atoms with Gasteiger partial charge in [0.25, 0.3) is 0 Å². The summed E-state index contributed by atoms with van der Waals surface area (Å²) in [5.41, 5.74) is 4.36. The molecule has 0 amide bonds. The van der Waals surface area contributed by atoms with Crippen molar-refractivity contribution in [3.05, 3.63) is 114 Å². The molecule has 1 atom stereocenters. The fourth-order valence-electron chi connectivity index (χ4n) is 5.07. The number of pyridine rings is 1. The van der Waals surface area contributed by atoms with Gasteiger partial charge in [0, 0.05) is 26.3 Å². The molecule has 0 bridgehead atoms. The van der Waals surface area contributed by atoms with Crippen LogP contribution in [-0.4, -0.2) is 48.7 Å². The third kappa shape index (κ3) is 10.5. The standard InChI is InChI=1S/C39H48N2O5Si/c1-29(31-13-15-32(16-14-31)36-10-8-9-24-40-36)41-45-26-25-44-34-19-11-30(12-20-34)28-39(37(42)43,23-27-47(5,6)7)46-35-21-17-33(18-22-35)38(2,3)4/h8-22,24H,23,25-28H2,1-7H3,(H,42,43)/t39-/m1/s1. The Morgan fingerprint density at radius 2 is 1.51 bits per heavy atom. The number of aromatic nitrogens is 1. The van der Waals surface area contributed by atoms with Crippen LogP contribution in [0.3, 0.4) is 0 Å². The maximum atomic E-state index is 12.9. The van der Waals surface area contributed by atoms with Crippen LogP contribution < -0.4 is 9.47 Å². The summed E-state index contributed by atoms with van der Waals surface area (Å²) >= 11 is 0. The summed E-state index contributed by atoms with van der Waals surface area (Å²) in [6, 6.07) is 30.1. The molecule has 4 aromatic rings. The average molecular weight is 653 g/mol. The Kier molecular flexibility index (Phi) is 11.6. The van der Waals surface area contributed by atoms with E-state index in [1.54, 1.807) is 6.20 Å². The lowest BCUT2D eigenvalue weighted by Gasteiger charge is -2.33. The quantitative estimate of drug-likeness (QED) is 0.0597. The van der Waals surface area contributed by atoms with Crippen molar-refractivity contribution >= 4 is 19.8 Å². The monoisotopic (exact) mass is 652 g/mol. The molecule has 0 saturated carbocycles. The lowest BCUT2D eigenvalue weighted by atomic mass is 9.87. The number of benzene rings is 3. The first kappa shape index (κ1) is 35.4. The molecule has 47 heavy (non-hydrogen) atoms. The molecule has 1 aromatic heterocycles. The van der Waals surface area contributed by atoms with Gasteiger partial charge >= 0.3 is 5.97 Å². The minimum Gasteiger partial charge on any atom is -0.490 e. The Balaban J connectivity index is 1.35. The predicted octanol–water partition coefficient (Wildman–Crippen LogP) is 9.04. The molecule has 4 rings (SSSR count). The van der Waals surface area contributed by atoms with Crippen molar-refractivity contribution in [2.24, 2.45) is 5.16 Å². The smallest absolute Gasteiger partial charge is 0.348 e. The number of carboxylic acids is 1. The Hall–Kier alpha value is -4.43. The second-order valence-electron chi connectivity index (χ2n) is 14.2. The van der Waals surface area contributed by atoms with E-state index in [4.69, 9.17) is 14.3 Å². The van der Waals surface area contributed by atoms with Gasteiger partial charge < -0.3 is 19.4 Å². The van der Waals surface area contributed by atoms with Gasteiger partial charge in [-0.05, 0) is 71.8 Å². The number of rotatable bonds is 15. The van der Waals surface area contributed by atoms with E-state index in [1.165, 1.54) is 5.56 Å². The average Bonchev–Trinajstić information content (AvgIpc) is 3.04. The van der Waals surface area contributed by atoms with E-state index in [1.807, 2.05) is 97.9 Å². The summed E-state index contributed by atoms with van der Waals surface area (Å²) in [6.45, 7) is 15.7. The molecule has 0 aliphatic heterocycles. The lowest BCUT2D eigenvalue weighted by molar-refractivity contribution is -0.155. The largest absolute Gasteiger partial charge is 0.490 e. The van der Waals surface area contributed by atoms with Crippen molar-refractivity contribution in [1.82, 2.24) is 4.98 Å². The van der Waals surface area contributed by atoms with E-state index in [2.05, 4.69) is 50.6 Å². The molecule has 248 valence electrons. The summed E-state index contributed by atoms with van der Waals surface area (Å²) in [5, 5.41) is 14.8.